The highest BCUT2D eigenvalue weighted by Crippen LogP contribution is 2.14. The second-order valence-electron chi connectivity index (χ2n) is 5.08. The number of hydrogen-bond acceptors (Lipinski definition) is 10. The molecule has 0 N–H and O–H groups in total. The third-order valence-corrected chi connectivity index (χ3v) is 3.33. The number of carbonyl (C=O) groups excluding carboxylic acids is 4. The fourth-order valence-electron chi connectivity index (χ4n) is 1.97. The Morgan fingerprint density at radius 2 is 1.18 bits per heavy atom. The largest absolute Gasteiger partial charge is 0.463 e. The van der Waals surface area contributed by atoms with Gasteiger partial charge >= 0.3 is 23.9 Å². The summed E-state index contributed by atoms with van der Waals surface area (Å²) in [5, 5.41) is 0. The van der Waals surface area contributed by atoms with Crippen molar-refractivity contribution in [2.24, 2.45) is 0 Å². The van der Waals surface area contributed by atoms with E-state index in [4.69, 9.17) is 18.3 Å². The molecule has 10 nitrogen and oxygen atoms in total. The van der Waals surface area contributed by atoms with E-state index in [0.29, 0.717) is 11.1 Å². The highest BCUT2D eigenvalue weighted by Gasteiger charge is 2.18. The molecule has 2 aromatic heterocycles. The Morgan fingerprint density at radius 1 is 0.786 bits per heavy atom. The van der Waals surface area contributed by atoms with Gasteiger partial charge in [-0.25, -0.2) is 19.2 Å². The monoisotopic (exact) mass is 392 g/mol. The standard InChI is InChI=1S/C18H16O10/c1-23-17(21)15-11(5-7-25-15)9-27-13(19)3-4-14(20)28-10-12-6-8-26-16(12)18(22)24-2/h3-8H,9-10H2,1-2H3/b4-3+. The van der Waals surface area contributed by atoms with Gasteiger partial charge in [0.2, 0.25) is 11.5 Å². The Kier molecular flexibility index (Phi) is 7.14. The fraction of sp³-hybridized carbons (Fsp3) is 0.222. The summed E-state index contributed by atoms with van der Waals surface area (Å²) in [6.45, 7) is -0.507. The van der Waals surface area contributed by atoms with Gasteiger partial charge in [-0.1, -0.05) is 0 Å². The van der Waals surface area contributed by atoms with Crippen LogP contribution in [0.3, 0.4) is 0 Å². The quantitative estimate of drug-likeness (QED) is 0.372. The minimum Gasteiger partial charge on any atom is -0.463 e. The molecule has 0 radical (unpaired) electrons. The minimum absolute atomic E-state index is 0.0831. The van der Waals surface area contributed by atoms with Crippen molar-refractivity contribution in [1.82, 2.24) is 0 Å². The van der Waals surface area contributed by atoms with Gasteiger partial charge in [-0.15, -0.1) is 0 Å². The van der Waals surface area contributed by atoms with Crippen LogP contribution in [-0.4, -0.2) is 38.1 Å². The zero-order valence-corrected chi connectivity index (χ0v) is 15.0. The van der Waals surface area contributed by atoms with Gasteiger partial charge in [-0.2, -0.15) is 0 Å². The summed E-state index contributed by atoms with van der Waals surface area (Å²) in [7, 11) is 2.37. The van der Waals surface area contributed by atoms with Crippen LogP contribution in [0.1, 0.15) is 32.2 Å². The molecule has 0 amide bonds. The van der Waals surface area contributed by atoms with Crippen LogP contribution in [0.4, 0.5) is 0 Å². The molecule has 0 saturated carbocycles. The second kappa shape index (κ2) is 9.76. The maximum absolute atomic E-state index is 11.7. The molecule has 0 spiro atoms. The second-order valence-corrected chi connectivity index (χ2v) is 5.08. The maximum atomic E-state index is 11.7. The smallest absolute Gasteiger partial charge is 0.374 e. The molecule has 2 rings (SSSR count). The van der Waals surface area contributed by atoms with Crippen LogP contribution in [0.15, 0.2) is 45.6 Å². The molecular weight excluding hydrogens is 376 g/mol. The van der Waals surface area contributed by atoms with Crippen molar-refractivity contribution < 1.29 is 47.0 Å². The van der Waals surface area contributed by atoms with Crippen molar-refractivity contribution in [1.29, 1.82) is 0 Å². The number of methoxy groups -OCH3 is 2. The lowest BCUT2D eigenvalue weighted by molar-refractivity contribution is -0.141. The van der Waals surface area contributed by atoms with Crippen LogP contribution in [0.5, 0.6) is 0 Å². The van der Waals surface area contributed by atoms with E-state index in [-0.39, 0.29) is 24.7 Å². The van der Waals surface area contributed by atoms with Gasteiger partial charge in [-0.05, 0) is 12.1 Å². The van der Waals surface area contributed by atoms with E-state index in [1.165, 1.54) is 38.9 Å². The Balaban J connectivity index is 1.82. The summed E-state index contributed by atoms with van der Waals surface area (Å²) >= 11 is 0. The van der Waals surface area contributed by atoms with Crippen molar-refractivity contribution in [3.8, 4) is 0 Å². The summed E-state index contributed by atoms with van der Waals surface area (Å²) in [4.78, 5) is 46.2. The molecule has 0 unspecified atom stereocenters. The van der Waals surface area contributed by atoms with Crippen molar-refractivity contribution in [3.05, 3.63) is 59.5 Å². The molecule has 0 aliphatic carbocycles. The molecule has 0 bridgehead atoms. The Morgan fingerprint density at radius 3 is 1.54 bits per heavy atom. The van der Waals surface area contributed by atoms with Crippen LogP contribution in [-0.2, 0) is 41.8 Å². The van der Waals surface area contributed by atoms with Crippen LogP contribution in [0, 0.1) is 0 Å². The Hall–Kier alpha value is -3.82. The van der Waals surface area contributed by atoms with Crippen LogP contribution < -0.4 is 0 Å². The number of furan rings is 2. The van der Waals surface area contributed by atoms with E-state index < -0.39 is 23.9 Å². The number of esters is 4. The molecule has 0 fully saturated rings. The van der Waals surface area contributed by atoms with E-state index in [1.807, 2.05) is 0 Å². The van der Waals surface area contributed by atoms with E-state index in [0.717, 1.165) is 12.2 Å². The molecule has 0 aromatic carbocycles. The lowest BCUT2D eigenvalue weighted by atomic mass is 10.2. The molecule has 0 aliphatic rings. The van der Waals surface area contributed by atoms with Crippen molar-refractivity contribution in [2.75, 3.05) is 14.2 Å². The molecule has 0 atom stereocenters. The first kappa shape index (κ1) is 20.5. The van der Waals surface area contributed by atoms with E-state index in [9.17, 15) is 19.2 Å². The Bertz CT molecular complexity index is 814. The first-order valence-corrected chi connectivity index (χ1v) is 7.77. The van der Waals surface area contributed by atoms with E-state index in [2.05, 4.69) is 9.47 Å². The van der Waals surface area contributed by atoms with Crippen LogP contribution in [0.25, 0.3) is 0 Å². The van der Waals surface area contributed by atoms with Gasteiger partial charge in [0.25, 0.3) is 0 Å². The third kappa shape index (κ3) is 5.34. The predicted molar refractivity (Wildman–Crippen MR) is 88.8 cm³/mol. The van der Waals surface area contributed by atoms with Crippen LogP contribution >= 0.6 is 0 Å². The zero-order valence-electron chi connectivity index (χ0n) is 15.0. The molecular formula is C18H16O10. The average molecular weight is 392 g/mol. The number of ether oxygens (including phenoxy) is 4. The average Bonchev–Trinajstić information content (AvgIpc) is 3.37. The van der Waals surface area contributed by atoms with Crippen LogP contribution in [0.2, 0.25) is 0 Å². The first-order chi connectivity index (χ1) is 13.5. The summed E-state index contributed by atoms with van der Waals surface area (Å²) in [6.07, 6.45) is 4.22. The van der Waals surface area contributed by atoms with Gasteiger partial charge < -0.3 is 27.8 Å². The third-order valence-electron chi connectivity index (χ3n) is 3.33. The van der Waals surface area contributed by atoms with Gasteiger partial charge in [0, 0.05) is 23.3 Å². The van der Waals surface area contributed by atoms with Gasteiger partial charge in [0.1, 0.15) is 13.2 Å². The SMILES string of the molecule is COC(=O)c1occc1COC(=O)/C=C/C(=O)OCc1ccoc1C(=O)OC. The number of hydrogen-bond donors (Lipinski definition) is 0. The highest BCUT2D eigenvalue weighted by molar-refractivity contribution is 5.92. The molecule has 2 heterocycles. The number of rotatable bonds is 8. The van der Waals surface area contributed by atoms with Gasteiger partial charge in [0.05, 0.1) is 26.7 Å². The molecule has 10 heteroatoms. The molecule has 148 valence electrons. The van der Waals surface area contributed by atoms with Crippen molar-refractivity contribution in [2.45, 2.75) is 13.2 Å². The summed E-state index contributed by atoms with van der Waals surface area (Å²) in [5.74, 6) is -3.26. The maximum Gasteiger partial charge on any atom is 0.374 e. The predicted octanol–water partition coefficient (Wildman–Crippen LogP) is 1.79. The van der Waals surface area contributed by atoms with Gasteiger partial charge in [0.15, 0.2) is 0 Å². The fourth-order valence-corrected chi connectivity index (χ4v) is 1.97. The van der Waals surface area contributed by atoms with E-state index >= 15 is 0 Å². The summed E-state index contributed by atoms with van der Waals surface area (Å²) in [6, 6.07) is 2.89. The van der Waals surface area contributed by atoms with Crippen molar-refractivity contribution >= 4 is 23.9 Å². The molecule has 0 saturated heterocycles. The lowest BCUT2D eigenvalue weighted by Crippen LogP contribution is -2.08. The summed E-state index contributed by atoms with van der Waals surface area (Å²) in [5.41, 5.74) is 0.623. The first-order valence-electron chi connectivity index (χ1n) is 7.77. The molecule has 0 aliphatic heterocycles. The zero-order chi connectivity index (χ0) is 20.5. The number of carbonyl (C=O) groups is 4. The Labute approximate surface area is 158 Å². The topological polar surface area (TPSA) is 131 Å². The minimum atomic E-state index is -0.840. The molecule has 28 heavy (non-hydrogen) atoms. The summed E-state index contributed by atoms with van der Waals surface area (Å²) < 4.78 is 28.8. The normalized spacial score (nSPS) is 10.5. The van der Waals surface area contributed by atoms with Crippen molar-refractivity contribution in [3.63, 3.8) is 0 Å². The lowest BCUT2D eigenvalue weighted by Gasteiger charge is -2.03. The molecule has 2 aromatic rings. The van der Waals surface area contributed by atoms with E-state index in [1.54, 1.807) is 0 Å². The highest BCUT2D eigenvalue weighted by atomic mass is 16.6. The van der Waals surface area contributed by atoms with Gasteiger partial charge in [-0.3, -0.25) is 0 Å².